The molecule has 0 saturated carbocycles. The van der Waals surface area contributed by atoms with E-state index in [9.17, 15) is 23.3 Å². The maximum absolute atomic E-state index is 14.0. The van der Waals surface area contributed by atoms with E-state index in [1.807, 2.05) is 0 Å². The van der Waals surface area contributed by atoms with Gasteiger partial charge in [-0.1, -0.05) is 35.3 Å². The molecule has 0 radical (unpaired) electrons. The Morgan fingerprint density at radius 2 is 1.85 bits per heavy atom. The molecule has 1 aliphatic rings. The van der Waals surface area contributed by atoms with Crippen molar-refractivity contribution in [3.63, 3.8) is 0 Å². The molecule has 2 aromatic carbocycles. The Labute approximate surface area is 162 Å². The van der Waals surface area contributed by atoms with E-state index in [2.05, 4.69) is 5.48 Å². The van der Waals surface area contributed by atoms with Gasteiger partial charge in [0.2, 0.25) is 5.60 Å². The highest BCUT2D eigenvalue weighted by Crippen LogP contribution is 2.51. The Morgan fingerprint density at radius 3 is 2.41 bits per heavy atom. The molecule has 1 fully saturated rings. The first-order valence-electron chi connectivity index (χ1n) is 7.75. The quantitative estimate of drug-likeness (QED) is 0.515. The van der Waals surface area contributed by atoms with Crippen molar-refractivity contribution in [1.82, 2.24) is 5.48 Å². The number of alkyl halides is 3. The van der Waals surface area contributed by atoms with Gasteiger partial charge in [-0.2, -0.15) is 18.7 Å². The van der Waals surface area contributed by atoms with Crippen LogP contribution in [0.3, 0.4) is 0 Å². The molecule has 0 aromatic heterocycles. The van der Waals surface area contributed by atoms with E-state index in [0.29, 0.717) is 11.1 Å². The van der Waals surface area contributed by atoms with Crippen molar-refractivity contribution in [2.45, 2.75) is 31.2 Å². The summed E-state index contributed by atoms with van der Waals surface area (Å²) in [6, 6.07) is 6.95. The van der Waals surface area contributed by atoms with E-state index >= 15 is 0 Å². The lowest BCUT2D eigenvalue weighted by molar-refractivity contribution is -0.385. The van der Waals surface area contributed by atoms with Crippen molar-refractivity contribution in [1.29, 1.82) is 0 Å². The Morgan fingerprint density at radius 1 is 1.22 bits per heavy atom. The van der Waals surface area contributed by atoms with Gasteiger partial charge < -0.3 is 0 Å². The number of nitro benzene ring substituents is 1. The van der Waals surface area contributed by atoms with Crippen LogP contribution in [-0.2, 0) is 10.4 Å². The number of nitrogens with zero attached hydrogens (tertiary/aromatic N) is 1. The highest BCUT2D eigenvalue weighted by atomic mass is 35.5. The maximum Gasteiger partial charge on any atom is 0.423 e. The third kappa shape index (κ3) is 3.62. The normalized spacial score (nSPS) is 22.8. The first kappa shape index (κ1) is 19.9. The number of hydrogen-bond acceptors (Lipinski definition) is 4. The van der Waals surface area contributed by atoms with Crippen molar-refractivity contribution >= 4 is 28.9 Å². The van der Waals surface area contributed by atoms with Crippen molar-refractivity contribution in [2.75, 3.05) is 0 Å². The minimum absolute atomic E-state index is 0.0409. The summed E-state index contributed by atoms with van der Waals surface area (Å²) in [6.07, 6.45) is -5.31. The van der Waals surface area contributed by atoms with Crippen LogP contribution >= 0.6 is 23.2 Å². The SMILES string of the molecule is Cc1ccc(C2CC(c3cc(Cl)cc(Cl)c3)(C(F)(F)F)ON2)cc1[N+](=O)[O-]. The average molecular weight is 421 g/mol. The Bertz CT molecular complexity index is 887. The molecule has 1 saturated heterocycles. The lowest BCUT2D eigenvalue weighted by Gasteiger charge is -2.30. The number of halogens is 5. The van der Waals surface area contributed by atoms with Crippen molar-refractivity contribution in [3.05, 3.63) is 73.2 Å². The molecule has 1 heterocycles. The summed E-state index contributed by atoms with van der Waals surface area (Å²) < 4.78 is 41.9. The van der Waals surface area contributed by atoms with Gasteiger partial charge in [0, 0.05) is 28.1 Å². The molecule has 10 heteroatoms. The van der Waals surface area contributed by atoms with Gasteiger partial charge in [0.25, 0.3) is 5.69 Å². The third-order valence-electron chi connectivity index (χ3n) is 4.49. The molecule has 0 amide bonds. The molecule has 27 heavy (non-hydrogen) atoms. The van der Waals surface area contributed by atoms with Gasteiger partial charge in [-0.25, -0.2) is 0 Å². The second kappa shape index (κ2) is 6.94. The predicted octanol–water partition coefficient (Wildman–Crippen LogP) is 5.63. The summed E-state index contributed by atoms with van der Waals surface area (Å²) in [7, 11) is 0. The first-order valence-corrected chi connectivity index (χ1v) is 8.51. The molecule has 2 aromatic rings. The van der Waals surface area contributed by atoms with Crippen molar-refractivity contribution < 1.29 is 22.9 Å². The summed E-state index contributed by atoms with van der Waals surface area (Å²) >= 11 is 11.7. The lowest BCUT2D eigenvalue weighted by atomic mass is 9.85. The molecule has 1 N–H and O–H groups in total. The molecule has 5 nitrogen and oxygen atoms in total. The fourth-order valence-corrected chi connectivity index (χ4v) is 3.60. The van der Waals surface area contributed by atoms with Crippen LogP contribution in [0.2, 0.25) is 10.0 Å². The van der Waals surface area contributed by atoms with Crippen LogP contribution < -0.4 is 5.48 Å². The zero-order valence-corrected chi connectivity index (χ0v) is 15.3. The van der Waals surface area contributed by atoms with Gasteiger partial charge in [-0.05, 0) is 36.2 Å². The fourth-order valence-electron chi connectivity index (χ4n) is 3.07. The lowest BCUT2D eigenvalue weighted by Crippen LogP contribution is -2.42. The summed E-state index contributed by atoms with van der Waals surface area (Å²) in [5.74, 6) is 0. The largest absolute Gasteiger partial charge is 0.423 e. The number of benzene rings is 2. The molecule has 0 aliphatic carbocycles. The molecule has 2 unspecified atom stereocenters. The first-order chi connectivity index (χ1) is 12.5. The van der Waals surface area contributed by atoms with E-state index in [0.717, 1.165) is 12.1 Å². The van der Waals surface area contributed by atoms with Gasteiger partial charge in [-0.3, -0.25) is 15.0 Å². The Hall–Kier alpha value is -1.87. The molecule has 144 valence electrons. The topological polar surface area (TPSA) is 64.4 Å². The zero-order chi connectivity index (χ0) is 20.0. The number of aryl methyl sites for hydroxylation is 1. The number of rotatable bonds is 3. The smallest absolute Gasteiger partial charge is 0.280 e. The standard InChI is InChI=1S/C17H13Cl2F3N2O3/c1-9-2-3-10(4-15(9)24(25)26)14-8-16(27-23-14,17(20,21)22)11-5-12(18)7-13(19)6-11/h2-7,14,23H,8H2,1H3. The molecule has 0 bridgehead atoms. The summed E-state index contributed by atoms with van der Waals surface area (Å²) in [5, 5.41) is 11.2. The Balaban J connectivity index is 2.03. The van der Waals surface area contributed by atoms with Gasteiger partial charge in [0.05, 0.1) is 11.0 Å². The molecule has 1 aliphatic heterocycles. The highest BCUT2D eigenvalue weighted by molar-refractivity contribution is 6.34. The van der Waals surface area contributed by atoms with Crippen LogP contribution in [0.4, 0.5) is 18.9 Å². The summed E-state index contributed by atoms with van der Waals surface area (Å²) in [4.78, 5) is 15.6. The van der Waals surface area contributed by atoms with Crippen LogP contribution in [0, 0.1) is 17.0 Å². The van der Waals surface area contributed by atoms with Crippen LogP contribution in [0.1, 0.15) is 29.2 Å². The predicted molar refractivity (Wildman–Crippen MR) is 93.6 cm³/mol. The minimum atomic E-state index is -4.78. The van der Waals surface area contributed by atoms with E-state index in [4.69, 9.17) is 28.0 Å². The zero-order valence-electron chi connectivity index (χ0n) is 13.8. The summed E-state index contributed by atoms with van der Waals surface area (Å²) in [5.41, 5.74) is -0.0262. The number of hydroxylamine groups is 1. The van der Waals surface area contributed by atoms with Crippen molar-refractivity contribution in [3.8, 4) is 0 Å². The van der Waals surface area contributed by atoms with Crippen LogP contribution in [0.5, 0.6) is 0 Å². The third-order valence-corrected chi connectivity index (χ3v) is 4.92. The molecule has 2 atom stereocenters. The highest BCUT2D eigenvalue weighted by Gasteiger charge is 2.62. The maximum atomic E-state index is 14.0. The van der Waals surface area contributed by atoms with E-state index < -0.39 is 29.2 Å². The second-order valence-electron chi connectivity index (χ2n) is 6.26. The molecule has 0 spiro atoms. The average Bonchev–Trinajstić information content (AvgIpc) is 3.00. The van der Waals surface area contributed by atoms with Gasteiger partial charge in [-0.15, -0.1) is 0 Å². The molecular formula is C17H13Cl2F3N2O3. The van der Waals surface area contributed by atoms with Crippen LogP contribution in [0.25, 0.3) is 0 Å². The van der Waals surface area contributed by atoms with Crippen molar-refractivity contribution in [2.24, 2.45) is 0 Å². The molecule has 3 rings (SSSR count). The minimum Gasteiger partial charge on any atom is -0.280 e. The van der Waals surface area contributed by atoms with Crippen LogP contribution in [-0.4, -0.2) is 11.1 Å². The van der Waals surface area contributed by atoms with E-state index in [-0.39, 0.29) is 21.3 Å². The van der Waals surface area contributed by atoms with Gasteiger partial charge >= 0.3 is 6.18 Å². The summed E-state index contributed by atoms with van der Waals surface area (Å²) in [6.45, 7) is 1.55. The Kier molecular flexibility index (Phi) is 5.11. The van der Waals surface area contributed by atoms with Crippen LogP contribution in [0.15, 0.2) is 36.4 Å². The number of hydrogen-bond donors (Lipinski definition) is 1. The van der Waals surface area contributed by atoms with Gasteiger partial charge in [0.15, 0.2) is 0 Å². The van der Waals surface area contributed by atoms with E-state index in [1.54, 1.807) is 6.92 Å². The molecular weight excluding hydrogens is 408 g/mol. The number of nitro groups is 1. The van der Waals surface area contributed by atoms with Gasteiger partial charge in [0.1, 0.15) is 0 Å². The number of nitrogens with one attached hydrogen (secondary N) is 1. The second-order valence-corrected chi connectivity index (χ2v) is 7.14. The monoisotopic (exact) mass is 420 g/mol. The van der Waals surface area contributed by atoms with E-state index in [1.165, 1.54) is 24.3 Å². The fraction of sp³-hybridized carbons (Fsp3) is 0.294.